The van der Waals surface area contributed by atoms with Crippen molar-refractivity contribution in [1.82, 2.24) is 10.3 Å². The first-order valence-corrected chi connectivity index (χ1v) is 9.25. The predicted molar refractivity (Wildman–Crippen MR) is 87.1 cm³/mol. The van der Waals surface area contributed by atoms with Crippen LogP contribution >= 0.6 is 38.6 Å². The highest BCUT2D eigenvalue weighted by molar-refractivity contribution is 9.10. The van der Waals surface area contributed by atoms with Gasteiger partial charge in [0.2, 0.25) is 0 Å². The quantitative estimate of drug-likeness (QED) is 0.832. The first-order valence-electron chi connectivity index (χ1n) is 6.76. The molecule has 0 radical (unpaired) electrons. The molecule has 0 spiro atoms. The van der Waals surface area contributed by atoms with E-state index in [9.17, 15) is 0 Å². The summed E-state index contributed by atoms with van der Waals surface area (Å²) in [5, 5.41) is 6.96. The van der Waals surface area contributed by atoms with Gasteiger partial charge in [0.25, 0.3) is 0 Å². The molecule has 1 aliphatic rings. The molecule has 2 heterocycles. The molecular weight excluding hydrogens is 340 g/mol. The van der Waals surface area contributed by atoms with E-state index in [2.05, 4.69) is 39.6 Å². The number of nitrogens with one attached hydrogen (secondary N) is 1. The second-order valence-electron chi connectivity index (χ2n) is 4.83. The molecule has 1 aliphatic carbocycles. The maximum absolute atomic E-state index is 4.87. The Morgan fingerprint density at radius 1 is 1.53 bits per heavy atom. The Hall–Kier alpha value is -0.230. The van der Waals surface area contributed by atoms with Crippen molar-refractivity contribution >= 4 is 38.6 Å². The van der Waals surface area contributed by atoms with Gasteiger partial charge in [0.05, 0.1) is 10.6 Å². The van der Waals surface area contributed by atoms with E-state index in [0.717, 1.165) is 13.0 Å². The van der Waals surface area contributed by atoms with Crippen LogP contribution < -0.4 is 5.32 Å². The Kier molecular flexibility index (Phi) is 4.37. The van der Waals surface area contributed by atoms with E-state index >= 15 is 0 Å². The van der Waals surface area contributed by atoms with Crippen LogP contribution in [0.25, 0.3) is 9.88 Å². The van der Waals surface area contributed by atoms with Crippen LogP contribution in [0.1, 0.15) is 42.8 Å². The maximum Gasteiger partial charge on any atom is 0.135 e. The Morgan fingerprint density at radius 2 is 2.42 bits per heavy atom. The fourth-order valence-electron chi connectivity index (χ4n) is 2.48. The van der Waals surface area contributed by atoms with Crippen LogP contribution in [0.2, 0.25) is 0 Å². The van der Waals surface area contributed by atoms with E-state index < -0.39 is 0 Å². The summed E-state index contributed by atoms with van der Waals surface area (Å²) in [7, 11) is 0. The largest absolute Gasteiger partial charge is 0.309 e. The smallest absolute Gasteiger partial charge is 0.135 e. The number of rotatable bonds is 4. The number of hydrogen-bond donors (Lipinski definition) is 1. The van der Waals surface area contributed by atoms with Gasteiger partial charge in [-0.2, -0.15) is 0 Å². The Labute approximate surface area is 130 Å². The second kappa shape index (κ2) is 6.04. The van der Waals surface area contributed by atoms with Crippen molar-refractivity contribution in [1.29, 1.82) is 0 Å². The highest BCUT2D eigenvalue weighted by atomic mass is 79.9. The summed E-state index contributed by atoms with van der Waals surface area (Å²) in [5.41, 5.74) is 1.32. The number of aryl methyl sites for hydroxylation is 1. The lowest BCUT2D eigenvalue weighted by atomic mass is 9.98. The number of aromatic nitrogens is 1. The standard InChI is InChI=1S/C14H17BrN2S2/c1-2-7-16-10-4-3-5-11-13(10)19-14(17-11)12-9(15)6-8-18-12/h6,8,10,16H,2-5,7H2,1H3. The molecule has 2 nitrogen and oxygen atoms in total. The van der Waals surface area contributed by atoms with Crippen molar-refractivity contribution in [2.45, 2.75) is 38.6 Å². The minimum Gasteiger partial charge on any atom is -0.309 e. The number of hydrogen-bond acceptors (Lipinski definition) is 4. The van der Waals surface area contributed by atoms with Crippen LogP contribution in [0.4, 0.5) is 0 Å². The summed E-state index contributed by atoms with van der Waals surface area (Å²) in [6.45, 7) is 3.32. The predicted octanol–water partition coefficient (Wildman–Crippen LogP) is 5.01. The summed E-state index contributed by atoms with van der Waals surface area (Å²) < 4.78 is 1.17. The van der Waals surface area contributed by atoms with Crippen molar-refractivity contribution in [3.63, 3.8) is 0 Å². The number of thiazole rings is 1. The fourth-order valence-corrected chi connectivity index (χ4v) is 5.50. The Balaban J connectivity index is 1.91. The fraction of sp³-hybridized carbons (Fsp3) is 0.500. The molecule has 1 unspecified atom stereocenters. The van der Waals surface area contributed by atoms with Gasteiger partial charge in [-0.1, -0.05) is 6.92 Å². The lowest BCUT2D eigenvalue weighted by molar-refractivity contribution is 0.465. The van der Waals surface area contributed by atoms with Crippen LogP contribution in [0.3, 0.4) is 0 Å². The molecular formula is C14H17BrN2S2. The molecule has 5 heteroatoms. The van der Waals surface area contributed by atoms with Gasteiger partial charge in [0.15, 0.2) is 0 Å². The van der Waals surface area contributed by atoms with Gasteiger partial charge in [-0.15, -0.1) is 22.7 Å². The van der Waals surface area contributed by atoms with Gasteiger partial charge in [-0.3, -0.25) is 0 Å². The van der Waals surface area contributed by atoms with Crippen LogP contribution in [-0.2, 0) is 6.42 Å². The molecule has 2 aromatic heterocycles. The molecule has 102 valence electrons. The third-order valence-electron chi connectivity index (χ3n) is 3.40. The van der Waals surface area contributed by atoms with Gasteiger partial charge in [-0.05, 0) is 59.6 Å². The average molecular weight is 357 g/mol. The number of thiophene rings is 1. The van der Waals surface area contributed by atoms with E-state index in [-0.39, 0.29) is 0 Å². The van der Waals surface area contributed by atoms with Gasteiger partial charge < -0.3 is 5.32 Å². The third kappa shape index (κ3) is 2.79. The summed E-state index contributed by atoms with van der Waals surface area (Å²) in [6, 6.07) is 2.63. The molecule has 0 saturated heterocycles. The Bertz CT molecular complexity index is 562. The molecule has 0 aromatic carbocycles. The van der Waals surface area contributed by atoms with Crippen molar-refractivity contribution < 1.29 is 0 Å². The zero-order valence-corrected chi connectivity index (χ0v) is 14.1. The summed E-state index contributed by atoms with van der Waals surface area (Å²) in [5.74, 6) is 0. The summed E-state index contributed by atoms with van der Waals surface area (Å²) >= 11 is 7.25. The molecule has 1 N–H and O–H groups in total. The van der Waals surface area contributed by atoms with E-state index in [1.54, 1.807) is 11.3 Å². The molecule has 19 heavy (non-hydrogen) atoms. The van der Waals surface area contributed by atoms with Gasteiger partial charge >= 0.3 is 0 Å². The average Bonchev–Trinajstić information content (AvgIpc) is 3.01. The molecule has 0 saturated carbocycles. The zero-order chi connectivity index (χ0) is 13.2. The zero-order valence-electron chi connectivity index (χ0n) is 10.9. The number of nitrogens with zero attached hydrogens (tertiary/aromatic N) is 1. The summed E-state index contributed by atoms with van der Waals surface area (Å²) in [6.07, 6.45) is 4.83. The van der Waals surface area contributed by atoms with E-state index in [0.29, 0.717) is 6.04 Å². The van der Waals surface area contributed by atoms with Crippen LogP contribution in [0.15, 0.2) is 15.9 Å². The maximum atomic E-state index is 4.87. The van der Waals surface area contributed by atoms with Gasteiger partial charge in [-0.25, -0.2) is 4.98 Å². The third-order valence-corrected chi connectivity index (χ3v) is 6.61. The van der Waals surface area contributed by atoms with E-state index in [1.165, 1.54) is 44.2 Å². The monoisotopic (exact) mass is 356 g/mol. The first-order chi connectivity index (χ1) is 9.29. The van der Waals surface area contributed by atoms with Crippen LogP contribution in [-0.4, -0.2) is 11.5 Å². The highest BCUT2D eigenvalue weighted by Crippen LogP contribution is 2.41. The number of fused-ring (bicyclic) bond motifs is 1. The SMILES string of the molecule is CCCNC1CCCc2nc(-c3sccc3Br)sc21. The second-order valence-corrected chi connectivity index (χ2v) is 7.63. The first kappa shape index (κ1) is 13.7. The molecule has 3 rings (SSSR count). The van der Waals surface area contributed by atoms with E-state index in [1.807, 2.05) is 11.3 Å². The van der Waals surface area contributed by atoms with Crippen LogP contribution in [0.5, 0.6) is 0 Å². The van der Waals surface area contributed by atoms with Crippen LogP contribution in [0, 0.1) is 0 Å². The lowest BCUT2D eigenvalue weighted by Gasteiger charge is -2.22. The van der Waals surface area contributed by atoms with Gasteiger partial charge in [0.1, 0.15) is 5.01 Å². The minimum absolute atomic E-state index is 0.522. The van der Waals surface area contributed by atoms with Crippen molar-refractivity contribution in [3.05, 3.63) is 26.5 Å². The van der Waals surface area contributed by atoms with Crippen molar-refractivity contribution in [2.75, 3.05) is 6.54 Å². The van der Waals surface area contributed by atoms with Crippen molar-refractivity contribution in [3.8, 4) is 9.88 Å². The minimum atomic E-state index is 0.522. The lowest BCUT2D eigenvalue weighted by Crippen LogP contribution is -2.24. The Morgan fingerprint density at radius 3 is 3.16 bits per heavy atom. The normalized spacial score (nSPS) is 18.5. The number of halogens is 1. The van der Waals surface area contributed by atoms with E-state index in [4.69, 9.17) is 4.98 Å². The molecule has 0 amide bonds. The topological polar surface area (TPSA) is 24.9 Å². The van der Waals surface area contributed by atoms with Gasteiger partial charge in [0, 0.05) is 15.4 Å². The molecule has 1 atom stereocenters. The molecule has 2 aromatic rings. The highest BCUT2D eigenvalue weighted by Gasteiger charge is 2.25. The summed E-state index contributed by atoms with van der Waals surface area (Å²) in [4.78, 5) is 7.61. The van der Waals surface area contributed by atoms with Crippen molar-refractivity contribution in [2.24, 2.45) is 0 Å². The molecule has 0 aliphatic heterocycles. The molecule has 0 fully saturated rings. The molecule has 0 bridgehead atoms.